The highest BCUT2D eigenvalue weighted by Gasteiger charge is 2.10. The Morgan fingerprint density at radius 3 is 2.61 bits per heavy atom. The molecular formula is C13H22N2O3. The van der Waals surface area contributed by atoms with Crippen LogP contribution in [0, 0.1) is 0 Å². The minimum absolute atomic E-state index is 0.310. The summed E-state index contributed by atoms with van der Waals surface area (Å²) in [5.41, 5.74) is 1.57. The van der Waals surface area contributed by atoms with Gasteiger partial charge >= 0.3 is 0 Å². The summed E-state index contributed by atoms with van der Waals surface area (Å²) in [6.07, 6.45) is 1.31. The average molecular weight is 254 g/mol. The molecule has 0 spiro atoms. The molecule has 102 valence electrons. The molecule has 0 saturated carbocycles. The number of aromatic nitrogens is 1. The average Bonchev–Trinajstić information content (AvgIpc) is 2.38. The van der Waals surface area contributed by atoms with Crippen molar-refractivity contribution < 1.29 is 14.9 Å². The Morgan fingerprint density at radius 2 is 2.11 bits per heavy atom. The maximum Gasteiger partial charge on any atom is 0.0957 e. The monoisotopic (exact) mass is 254 g/mol. The van der Waals surface area contributed by atoms with Crippen molar-refractivity contribution in [2.45, 2.75) is 25.6 Å². The molecule has 2 N–H and O–H groups in total. The van der Waals surface area contributed by atoms with Crippen LogP contribution < -0.4 is 4.90 Å². The Morgan fingerprint density at radius 1 is 1.39 bits per heavy atom. The zero-order valence-electron chi connectivity index (χ0n) is 11.2. The normalized spacial score (nSPS) is 14.3. The molecule has 0 aromatic carbocycles. The predicted octanol–water partition coefficient (Wildman–Crippen LogP) is 0.969. The maximum atomic E-state index is 9.64. The number of methoxy groups -OCH3 is 1. The van der Waals surface area contributed by atoms with Crippen molar-refractivity contribution in [3.8, 4) is 0 Å². The van der Waals surface area contributed by atoms with Gasteiger partial charge in [0.2, 0.25) is 0 Å². The van der Waals surface area contributed by atoms with E-state index in [1.165, 1.54) is 0 Å². The van der Waals surface area contributed by atoms with Gasteiger partial charge in [-0.25, -0.2) is 0 Å². The molecule has 1 aromatic rings. The zero-order valence-corrected chi connectivity index (χ0v) is 11.2. The van der Waals surface area contributed by atoms with Gasteiger partial charge in [0.1, 0.15) is 0 Å². The van der Waals surface area contributed by atoms with E-state index in [1.807, 2.05) is 31.0 Å². The smallest absolute Gasteiger partial charge is 0.0957 e. The summed E-state index contributed by atoms with van der Waals surface area (Å²) in [6, 6.07) is 3.70. The fourth-order valence-corrected chi connectivity index (χ4v) is 1.70. The Balaban J connectivity index is 2.61. The topological polar surface area (TPSA) is 65.8 Å². The molecule has 1 aromatic heterocycles. The first-order valence-corrected chi connectivity index (χ1v) is 6.10. The summed E-state index contributed by atoms with van der Waals surface area (Å²) in [4.78, 5) is 6.12. The van der Waals surface area contributed by atoms with Crippen LogP contribution >= 0.6 is 0 Å². The highest BCUT2D eigenvalue weighted by molar-refractivity contribution is 5.43. The number of likely N-dealkylation sites (N-methyl/N-ethyl adjacent to an activating group) is 1. The van der Waals surface area contributed by atoms with Gasteiger partial charge in [0.15, 0.2) is 0 Å². The van der Waals surface area contributed by atoms with Gasteiger partial charge in [0.25, 0.3) is 0 Å². The first kappa shape index (κ1) is 14.9. The summed E-state index contributed by atoms with van der Waals surface area (Å²) in [7, 11) is 3.44. The lowest BCUT2D eigenvalue weighted by atomic mass is 10.2. The van der Waals surface area contributed by atoms with Gasteiger partial charge in [-0.2, -0.15) is 0 Å². The van der Waals surface area contributed by atoms with Crippen LogP contribution in [0.2, 0.25) is 0 Å². The van der Waals surface area contributed by atoms with Crippen LogP contribution in [0.15, 0.2) is 18.3 Å². The molecule has 0 saturated heterocycles. The number of ether oxygens (including phenoxy) is 1. The largest absolute Gasteiger partial charge is 0.389 e. The molecule has 2 atom stereocenters. The Kier molecular flexibility index (Phi) is 6.04. The first-order chi connectivity index (χ1) is 8.58. The van der Waals surface area contributed by atoms with E-state index in [0.717, 1.165) is 5.69 Å². The Bertz CT molecular complexity index is 343. The number of pyridine rings is 1. The van der Waals surface area contributed by atoms with E-state index in [1.54, 1.807) is 13.3 Å². The molecule has 5 nitrogen and oxygen atoms in total. The second kappa shape index (κ2) is 7.31. The molecule has 1 rings (SSSR count). The Labute approximate surface area is 108 Å². The van der Waals surface area contributed by atoms with Gasteiger partial charge in [0.05, 0.1) is 36.4 Å². The van der Waals surface area contributed by atoms with Crippen molar-refractivity contribution in [2.75, 3.05) is 32.2 Å². The van der Waals surface area contributed by atoms with Crippen molar-refractivity contribution in [1.82, 2.24) is 4.98 Å². The number of hydrogen-bond acceptors (Lipinski definition) is 5. The molecule has 0 aliphatic heterocycles. The van der Waals surface area contributed by atoms with E-state index in [2.05, 4.69) is 4.98 Å². The van der Waals surface area contributed by atoms with E-state index >= 15 is 0 Å². The summed E-state index contributed by atoms with van der Waals surface area (Å²) < 4.78 is 4.88. The summed E-state index contributed by atoms with van der Waals surface area (Å²) in [6.45, 7) is 2.70. The third kappa shape index (κ3) is 4.25. The highest BCUT2D eigenvalue weighted by Crippen LogP contribution is 2.17. The fourth-order valence-electron chi connectivity index (χ4n) is 1.70. The zero-order chi connectivity index (χ0) is 13.5. The summed E-state index contributed by atoms with van der Waals surface area (Å²) in [5.74, 6) is 0. The van der Waals surface area contributed by atoms with E-state index in [9.17, 15) is 10.2 Å². The molecule has 0 bridgehead atoms. The van der Waals surface area contributed by atoms with E-state index < -0.39 is 12.2 Å². The van der Waals surface area contributed by atoms with Crippen molar-refractivity contribution >= 4 is 5.69 Å². The number of anilines is 1. The lowest BCUT2D eigenvalue weighted by Crippen LogP contribution is -2.31. The van der Waals surface area contributed by atoms with Gasteiger partial charge in [-0.3, -0.25) is 4.98 Å². The summed E-state index contributed by atoms with van der Waals surface area (Å²) in [5, 5.41) is 19.3. The standard InChI is InChI=1S/C13H22N2O3/c1-4-13(17)12-6-5-10(7-14-12)15(2)8-11(16)9-18-3/h5-7,11,13,16-17H,4,8-9H2,1-3H3. The van der Waals surface area contributed by atoms with Crippen molar-refractivity contribution in [2.24, 2.45) is 0 Å². The molecule has 0 aliphatic rings. The van der Waals surface area contributed by atoms with Crippen molar-refractivity contribution in [3.63, 3.8) is 0 Å². The fraction of sp³-hybridized carbons (Fsp3) is 0.615. The molecule has 0 fully saturated rings. The SMILES string of the molecule is CCC(O)c1ccc(N(C)CC(O)COC)cn1. The van der Waals surface area contributed by atoms with Gasteiger partial charge in [-0.1, -0.05) is 6.92 Å². The number of hydrogen-bond donors (Lipinski definition) is 2. The summed E-state index contributed by atoms with van der Waals surface area (Å²) >= 11 is 0. The van der Waals surface area contributed by atoms with E-state index in [4.69, 9.17) is 4.74 Å². The van der Waals surface area contributed by atoms with Gasteiger partial charge in [-0.05, 0) is 18.6 Å². The third-order valence-electron chi connectivity index (χ3n) is 2.78. The quantitative estimate of drug-likeness (QED) is 0.759. The number of aliphatic hydroxyl groups excluding tert-OH is 2. The van der Waals surface area contributed by atoms with Crippen LogP contribution in [-0.4, -0.2) is 48.6 Å². The van der Waals surface area contributed by atoms with Crippen LogP contribution in [0.1, 0.15) is 25.1 Å². The second-order valence-electron chi connectivity index (χ2n) is 4.35. The molecule has 5 heteroatoms. The van der Waals surface area contributed by atoms with Crippen LogP contribution in [-0.2, 0) is 4.74 Å². The van der Waals surface area contributed by atoms with Crippen molar-refractivity contribution in [3.05, 3.63) is 24.0 Å². The lowest BCUT2D eigenvalue weighted by molar-refractivity contribution is 0.0695. The molecule has 0 aliphatic carbocycles. The van der Waals surface area contributed by atoms with Crippen LogP contribution in [0.5, 0.6) is 0 Å². The molecule has 1 heterocycles. The second-order valence-corrected chi connectivity index (χ2v) is 4.35. The van der Waals surface area contributed by atoms with Gasteiger partial charge in [0, 0.05) is 20.7 Å². The van der Waals surface area contributed by atoms with Crippen LogP contribution in [0.3, 0.4) is 0 Å². The number of rotatable bonds is 7. The Hall–Kier alpha value is -1.17. The van der Waals surface area contributed by atoms with Crippen molar-refractivity contribution in [1.29, 1.82) is 0 Å². The highest BCUT2D eigenvalue weighted by atomic mass is 16.5. The first-order valence-electron chi connectivity index (χ1n) is 6.10. The minimum Gasteiger partial charge on any atom is -0.389 e. The van der Waals surface area contributed by atoms with Gasteiger partial charge < -0.3 is 19.8 Å². The number of aliphatic hydroxyl groups is 2. The molecule has 0 amide bonds. The minimum atomic E-state index is -0.527. The third-order valence-corrected chi connectivity index (χ3v) is 2.78. The van der Waals surface area contributed by atoms with Crippen LogP contribution in [0.4, 0.5) is 5.69 Å². The van der Waals surface area contributed by atoms with Crippen LogP contribution in [0.25, 0.3) is 0 Å². The molecule has 2 unspecified atom stereocenters. The predicted molar refractivity (Wildman–Crippen MR) is 70.6 cm³/mol. The van der Waals surface area contributed by atoms with E-state index in [-0.39, 0.29) is 0 Å². The molecule has 0 radical (unpaired) electrons. The van der Waals surface area contributed by atoms with E-state index in [0.29, 0.717) is 25.3 Å². The lowest BCUT2D eigenvalue weighted by Gasteiger charge is -2.22. The number of nitrogens with zero attached hydrogens (tertiary/aromatic N) is 2. The van der Waals surface area contributed by atoms with Gasteiger partial charge in [-0.15, -0.1) is 0 Å². The maximum absolute atomic E-state index is 9.64. The molecular weight excluding hydrogens is 232 g/mol. The molecule has 18 heavy (non-hydrogen) atoms.